The van der Waals surface area contributed by atoms with Crippen LogP contribution in [0.4, 0.5) is 35.1 Å². The molecular weight excluding hydrogens is 1630 g/mol. The van der Waals surface area contributed by atoms with Crippen LogP contribution < -0.4 is 0 Å². The standard InChI is InChI=1S/C17H16O8S2.C9H16O8S2.C7H12O8S2.C5F8O8S2.C5H8O8S2/c18-26(19)22-11-17(15(24-26)13-7-3-1-4-8-13)12-23-27(20,21)25-16(17)14-9-5-2-6-10-14;1-5-9(6(2)15-18(10,11)14-5)7(3)16-19(12,13)17-8(9)4;1-5-7(3-12-16(8,9)14-5)4-13-17(10,11)15-6(7)2;6-2(7)1(3(8,9)19-22(14,15)18-2)4(10,11)20-23(16,17)21-5(1,12)13;6-14(7)10-1-5(2-11-14)3-12-15(8,9)13-4-5/h1-10,15-16H,11-12H2;5-8H,1-4H3;5-6H,3-4H2,1-2H3;;1-4H2. The fraction of sp³-hybridized carbons (Fsp3) is 0.721. The van der Waals surface area contributed by atoms with Gasteiger partial charge >= 0.3 is 134 Å². The Morgan fingerprint density at radius 3 is 0.762 bits per heavy atom. The van der Waals surface area contributed by atoms with Crippen molar-refractivity contribution >= 4 is 104 Å². The minimum atomic E-state index is -6.63. The first-order valence-electron chi connectivity index (χ1n) is 27.2. The molecule has 10 heterocycles. The van der Waals surface area contributed by atoms with Crippen molar-refractivity contribution < 1.29 is 203 Å². The molecule has 58 heteroatoms. The topological polar surface area (TPSA) is 526 Å². The number of halogens is 8. The van der Waals surface area contributed by atoms with Crippen molar-refractivity contribution in [1.82, 2.24) is 0 Å². The van der Waals surface area contributed by atoms with E-state index in [0.29, 0.717) is 11.1 Å². The molecule has 8 unspecified atom stereocenters. The average molecular weight is 1680 g/mol. The van der Waals surface area contributed by atoms with Gasteiger partial charge in [0.1, 0.15) is 12.2 Å². The average Bonchev–Trinajstić information content (AvgIpc) is 0.661. The Kier molecular flexibility index (Phi) is 22.8. The van der Waals surface area contributed by atoms with Crippen LogP contribution in [0.2, 0.25) is 0 Å². The SMILES string of the molecule is CC1OS(=O)(=O)OC(C)C12C(C)OS(=O)(=O)OC2C.CC1OS(=O)(=O)OCC12COS(=O)(=O)OC2C.O=S1(=O)OC(F)(F)C2(C(F)(F)O1)C(F)(F)OS(=O)(=O)OC2(F)F.O=S1(=O)OCC2(CO1)COS(=O)(=O)OC2.O=S1(=O)OCC2(COS(=O)(=O)OC2c2ccccc2)C(c2ccccc2)O1. The maximum absolute atomic E-state index is 13.5. The van der Waals surface area contributed by atoms with Gasteiger partial charge in [0.05, 0.1) is 111 Å². The minimum absolute atomic E-state index is 0.217. The third kappa shape index (κ3) is 17.1. The highest BCUT2D eigenvalue weighted by atomic mass is 32.3. The zero-order chi connectivity index (χ0) is 76.1. The second-order valence-corrected chi connectivity index (χ2v) is 34.8. The molecule has 40 nitrogen and oxygen atoms in total. The molecule has 5 spiro atoms. The molecular formula is C43H52F8O40S10. The van der Waals surface area contributed by atoms with Gasteiger partial charge in [-0.15, -0.1) is 0 Å². The summed E-state index contributed by atoms with van der Waals surface area (Å²) in [6.07, 6.45) is -33.6. The van der Waals surface area contributed by atoms with E-state index < -0.39 is 204 Å². The summed E-state index contributed by atoms with van der Waals surface area (Å²) >= 11 is 0. The summed E-state index contributed by atoms with van der Waals surface area (Å²) < 4.78 is 417. The Balaban J connectivity index is 0.000000163. The predicted octanol–water partition coefficient (Wildman–Crippen LogP) is 0.965. The molecule has 101 heavy (non-hydrogen) atoms. The normalized spacial score (nSPS) is 38.1. The summed E-state index contributed by atoms with van der Waals surface area (Å²) in [5.41, 5.74) is -9.67. The van der Waals surface area contributed by atoms with Gasteiger partial charge in [0.25, 0.3) is 0 Å². The second-order valence-electron chi connectivity index (χ2n) is 22.5. The van der Waals surface area contributed by atoms with Gasteiger partial charge in [-0.3, -0.25) is 0 Å². The van der Waals surface area contributed by atoms with Crippen LogP contribution in [-0.2, 0) is 188 Å². The smallest absolute Gasteiger partial charge is 0.247 e. The Morgan fingerprint density at radius 2 is 0.505 bits per heavy atom. The molecule has 0 amide bonds. The van der Waals surface area contributed by atoms with Gasteiger partial charge in [-0.1, -0.05) is 60.7 Å². The highest BCUT2D eigenvalue weighted by Gasteiger charge is 3.00. The Hall–Kier alpha value is -3.42. The lowest BCUT2D eigenvalue weighted by Crippen LogP contribution is -2.79. The highest BCUT2D eigenvalue weighted by molar-refractivity contribution is 7.84. The van der Waals surface area contributed by atoms with Gasteiger partial charge < -0.3 is 0 Å². The van der Waals surface area contributed by atoms with Crippen molar-refractivity contribution in [2.45, 2.75) is 115 Å². The number of rotatable bonds is 2. The van der Waals surface area contributed by atoms with Crippen LogP contribution in [0.15, 0.2) is 60.7 Å². The molecule has 0 radical (unpaired) electrons. The van der Waals surface area contributed by atoms with Crippen LogP contribution in [0.3, 0.4) is 0 Å². The van der Waals surface area contributed by atoms with E-state index >= 15 is 0 Å². The summed E-state index contributed by atoms with van der Waals surface area (Å²) in [5, 5.41) is 0. The van der Waals surface area contributed by atoms with Gasteiger partial charge in [-0.2, -0.15) is 136 Å². The molecule has 8 atom stereocenters. The van der Waals surface area contributed by atoms with E-state index in [1.807, 2.05) is 0 Å². The summed E-state index contributed by atoms with van der Waals surface area (Å²) in [4.78, 5) is 0. The molecule has 580 valence electrons. The predicted molar refractivity (Wildman–Crippen MR) is 297 cm³/mol. The highest BCUT2D eigenvalue weighted by Crippen LogP contribution is 2.71. The van der Waals surface area contributed by atoms with Crippen LogP contribution >= 0.6 is 0 Å². The van der Waals surface area contributed by atoms with Crippen LogP contribution in [0.5, 0.6) is 0 Å². The molecule has 0 bridgehead atoms. The molecule has 0 saturated carbocycles. The summed E-state index contributed by atoms with van der Waals surface area (Å²) in [7, 11) is -45.5. The van der Waals surface area contributed by atoms with E-state index in [2.05, 4.69) is 41.8 Å². The van der Waals surface area contributed by atoms with E-state index in [0.717, 1.165) is 0 Å². The van der Waals surface area contributed by atoms with Crippen LogP contribution in [-0.4, -0.2) is 198 Å². The van der Waals surface area contributed by atoms with Gasteiger partial charge in [-0.25, -0.2) is 66.9 Å². The van der Waals surface area contributed by atoms with Crippen molar-refractivity contribution in [2.75, 3.05) is 52.9 Å². The van der Waals surface area contributed by atoms with Crippen molar-refractivity contribution in [3.8, 4) is 0 Å². The van der Waals surface area contributed by atoms with E-state index in [-0.39, 0.29) is 52.9 Å². The molecule has 0 aromatic heterocycles. The zero-order valence-corrected chi connectivity index (χ0v) is 59.2. The third-order valence-electron chi connectivity index (χ3n) is 16.2. The van der Waals surface area contributed by atoms with Crippen LogP contribution in [0.1, 0.15) is 64.9 Å². The van der Waals surface area contributed by atoms with Gasteiger partial charge in [-0.05, 0) is 52.7 Å². The number of hydrogen-bond donors (Lipinski definition) is 0. The number of alkyl halides is 8. The lowest BCUT2D eigenvalue weighted by Gasteiger charge is -2.52. The first kappa shape index (κ1) is 83.2. The van der Waals surface area contributed by atoms with Gasteiger partial charge in [0.2, 0.25) is 0 Å². The van der Waals surface area contributed by atoms with Gasteiger partial charge in [0, 0.05) is 0 Å². The zero-order valence-electron chi connectivity index (χ0n) is 51.0. The lowest BCUT2D eigenvalue weighted by molar-refractivity contribution is -0.548. The monoisotopic (exact) mass is 1680 g/mol. The Bertz CT molecular complexity index is 4220. The maximum atomic E-state index is 13.5. The largest absolute Gasteiger partial charge is 0.409 e. The molecule has 10 aliphatic rings. The third-order valence-corrected chi connectivity index (χ3v) is 25.1. The molecule has 2 aromatic carbocycles. The van der Waals surface area contributed by atoms with Crippen molar-refractivity contribution in [3.05, 3.63) is 71.8 Å². The van der Waals surface area contributed by atoms with Crippen molar-refractivity contribution in [2.24, 2.45) is 27.1 Å². The molecule has 0 aliphatic carbocycles. The molecule has 12 rings (SSSR count). The molecule has 10 saturated heterocycles. The summed E-state index contributed by atoms with van der Waals surface area (Å²) in [6, 6.07) is 17.2. The molecule has 0 N–H and O–H groups in total. The van der Waals surface area contributed by atoms with E-state index in [1.165, 1.54) is 41.5 Å². The minimum Gasteiger partial charge on any atom is -0.247 e. The summed E-state index contributed by atoms with van der Waals surface area (Å²) in [6.45, 7) is 7.02. The van der Waals surface area contributed by atoms with Crippen molar-refractivity contribution in [3.63, 3.8) is 0 Å². The molecule has 2 aromatic rings. The van der Waals surface area contributed by atoms with E-state index in [9.17, 15) is 119 Å². The van der Waals surface area contributed by atoms with Crippen molar-refractivity contribution in [1.29, 1.82) is 0 Å². The molecule has 10 aliphatic heterocycles. The van der Waals surface area contributed by atoms with Crippen LogP contribution in [0.25, 0.3) is 0 Å². The molecule has 10 fully saturated rings. The lowest BCUT2D eigenvalue weighted by atomic mass is 9.69. The van der Waals surface area contributed by atoms with Gasteiger partial charge in [0.15, 0.2) is 0 Å². The fourth-order valence-electron chi connectivity index (χ4n) is 11.2. The summed E-state index contributed by atoms with van der Waals surface area (Å²) in [5.74, 6) is 0. The first-order valence-corrected chi connectivity index (χ1v) is 40.5. The maximum Gasteiger partial charge on any atom is 0.409 e. The van der Waals surface area contributed by atoms with E-state index in [1.54, 1.807) is 60.7 Å². The Morgan fingerprint density at radius 1 is 0.277 bits per heavy atom. The van der Waals surface area contributed by atoms with Crippen LogP contribution in [0, 0.1) is 27.1 Å². The second kappa shape index (κ2) is 27.7. The fourth-order valence-corrected chi connectivity index (χ4v) is 20.5. The quantitative estimate of drug-likeness (QED) is 0.378. The number of benzene rings is 2. The first-order chi connectivity index (χ1) is 45.7. The van der Waals surface area contributed by atoms with E-state index in [4.69, 9.17) is 41.8 Å². The Labute approximate surface area is 570 Å². The number of hydrogen-bond acceptors (Lipinski definition) is 40.